The van der Waals surface area contributed by atoms with Gasteiger partial charge in [-0.2, -0.15) is 0 Å². The highest BCUT2D eigenvalue weighted by Gasteiger charge is 2.15. The quantitative estimate of drug-likeness (QED) is 0.642. The van der Waals surface area contributed by atoms with Gasteiger partial charge in [0.15, 0.2) is 0 Å². The van der Waals surface area contributed by atoms with E-state index >= 15 is 0 Å². The van der Waals surface area contributed by atoms with Crippen LogP contribution in [0.15, 0.2) is 6.07 Å². The maximum atomic E-state index is 11.7. The first-order valence-electron chi connectivity index (χ1n) is 5.95. The molecular weight excluding hydrogens is 248 g/mol. The van der Waals surface area contributed by atoms with Crippen molar-refractivity contribution in [1.29, 1.82) is 0 Å². The minimum atomic E-state index is -1.11. The van der Waals surface area contributed by atoms with E-state index in [-0.39, 0.29) is 17.4 Å². The van der Waals surface area contributed by atoms with Gasteiger partial charge in [-0.25, -0.2) is 9.59 Å². The van der Waals surface area contributed by atoms with E-state index in [1.54, 1.807) is 13.0 Å². The van der Waals surface area contributed by atoms with Crippen molar-refractivity contribution in [2.24, 2.45) is 0 Å². The van der Waals surface area contributed by atoms with Crippen LogP contribution in [0.3, 0.4) is 0 Å². The molecule has 0 radical (unpaired) electrons. The van der Waals surface area contributed by atoms with E-state index in [4.69, 9.17) is 5.11 Å². The maximum Gasteiger partial charge on any atom is 0.354 e. The highest BCUT2D eigenvalue weighted by molar-refractivity contribution is 5.99. The van der Waals surface area contributed by atoms with Crippen molar-refractivity contribution in [3.05, 3.63) is 17.5 Å². The van der Waals surface area contributed by atoms with Crippen LogP contribution in [0.25, 0.3) is 0 Å². The Morgan fingerprint density at radius 1 is 1.47 bits per heavy atom. The minimum Gasteiger partial charge on any atom is -0.477 e. The molecule has 4 N–H and O–H groups in total. The van der Waals surface area contributed by atoms with E-state index in [0.29, 0.717) is 12.2 Å². The molecule has 1 heterocycles. The van der Waals surface area contributed by atoms with Crippen LogP contribution in [-0.4, -0.2) is 53.7 Å². The van der Waals surface area contributed by atoms with Crippen molar-refractivity contribution in [3.8, 4) is 0 Å². The Hall–Kier alpha value is -2.02. The van der Waals surface area contributed by atoms with Crippen molar-refractivity contribution in [2.75, 3.05) is 26.0 Å². The number of likely N-dealkylation sites (N-methyl/N-ethyl adjacent to an activating group) is 1. The number of aromatic nitrogens is 1. The van der Waals surface area contributed by atoms with Crippen molar-refractivity contribution in [1.82, 2.24) is 15.2 Å². The zero-order chi connectivity index (χ0) is 14.6. The summed E-state index contributed by atoms with van der Waals surface area (Å²) in [5.41, 5.74) is 0.919. The number of hydrogen-bond acceptors (Lipinski definition) is 3. The second kappa shape index (κ2) is 6.24. The Balaban J connectivity index is 2.60. The smallest absolute Gasteiger partial charge is 0.354 e. The standard InChI is InChI=1S/C12H20N4O3/c1-7-5-9(10(14-7)11(17)18)15-12(19)13-6-8(2)16(3)4/h5,8,14H,6H2,1-4H3,(H,17,18)(H2,13,15,19). The first kappa shape index (κ1) is 15.0. The summed E-state index contributed by atoms with van der Waals surface area (Å²) in [6, 6.07) is 1.35. The van der Waals surface area contributed by atoms with E-state index in [0.717, 1.165) is 0 Å². The minimum absolute atomic E-state index is 0.0201. The number of nitrogens with one attached hydrogen (secondary N) is 3. The van der Waals surface area contributed by atoms with Crippen molar-refractivity contribution < 1.29 is 14.7 Å². The lowest BCUT2D eigenvalue weighted by molar-refractivity contribution is 0.0692. The molecule has 1 atom stereocenters. The summed E-state index contributed by atoms with van der Waals surface area (Å²) in [4.78, 5) is 27.3. The first-order chi connectivity index (χ1) is 8.81. The number of H-pyrrole nitrogens is 1. The lowest BCUT2D eigenvalue weighted by atomic mass is 10.3. The van der Waals surface area contributed by atoms with Gasteiger partial charge in [0.2, 0.25) is 0 Å². The zero-order valence-corrected chi connectivity index (χ0v) is 11.6. The number of carboxylic acid groups (broad SMARTS) is 1. The summed E-state index contributed by atoms with van der Waals surface area (Å²) in [7, 11) is 3.84. The molecule has 1 aromatic rings. The lowest BCUT2D eigenvalue weighted by Crippen LogP contribution is -2.40. The lowest BCUT2D eigenvalue weighted by Gasteiger charge is -2.20. The van der Waals surface area contributed by atoms with E-state index < -0.39 is 12.0 Å². The van der Waals surface area contributed by atoms with Gasteiger partial charge >= 0.3 is 12.0 Å². The Morgan fingerprint density at radius 2 is 2.11 bits per heavy atom. The van der Waals surface area contributed by atoms with E-state index in [2.05, 4.69) is 15.6 Å². The summed E-state index contributed by atoms with van der Waals surface area (Å²) in [5, 5.41) is 14.2. The fourth-order valence-corrected chi connectivity index (χ4v) is 1.45. The summed E-state index contributed by atoms with van der Waals surface area (Å²) in [5.74, 6) is -1.11. The number of aromatic amines is 1. The number of urea groups is 1. The van der Waals surface area contributed by atoms with Crippen LogP contribution >= 0.6 is 0 Å². The molecule has 0 fully saturated rings. The number of carbonyl (C=O) groups is 2. The molecule has 1 unspecified atom stereocenters. The average Bonchev–Trinajstić information content (AvgIpc) is 2.67. The van der Waals surface area contributed by atoms with Gasteiger partial charge in [0.05, 0.1) is 5.69 Å². The SMILES string of the molecule is Cc1cc(NC(=O)NCC(C)N(C)C)c(C(=O)O)[nH]1. The molecule has 2 amide bonds. The largest absolute Gasteiger partial charge is 0.477 e. The molecule has 0 bridgehead atoms. The van der Waals surface area contributed by atoms with Gasteiger partial charge in [0.25, 0.3) is 0 Å². The molecule has 0 aliphatic heterocycles. The van der Waals surface area contributed by atoms with Gasteiger partial charge in [-0.05, 0) is 34.0 Å². The predicted molar refractivity (Wildman–Crippen MR) is 72.7 cm³/mol. The topological polar surface area (TPSA) is 97.5 Å². The number of amides is 2. The van der Waals surface area contributed by atoms with Crippen molar-refractivity contribution in [2.45, 2.75) is 19.9 Å². The van der Waals surface area contributed by atoms with Gasteiger partial charge in [-0.1, -0.05) is 0 Å². The van der Waals surface area contributed by atoms with E-state index in [1.807, 2.05) is 25.9 Å². The zero-order valence-electron chi connectivity index (χ0n) is 11.6. The number of aryl methyl sites for hydroxylation is 1. The van der Waals surface area contributed by atoms with Gasteiger partial charge < -0.3 is 25.6 Å². The predicted octanol–water partition coefficient (Wildman–Crippen LogP) is 1.09. The number of nitrogens with zero attached hydrogens (tertiary/aromatic N) is 1. The maximum absolute atomic E-state index is 11.7. The summed E-state index contributed by atoms with van der Waals surface area (Å²) in [6.07, 6.45) is 0. The second-order valence-electron chi connectivity index (χ2n) is 4.69. The first-order valence-corrected chi connectivity index (χ1v) is 5.95. The van der Waals surface area contributed by atoms with Crippen molar-refractivity contribution >= 4 is 17.7 Å². The molecule has 19 heavy (non-hydrogen) atoms. The molecule has 0 aromatic carbocycles. The number of hydrogen-bond donors (Lipinski definition) is 4. The highest BCUT2D eigenvalue weighted by atomic mass is 16.4. The molecule has 0 saturated carbocycles. The van der Waals surface area contributed by atoms with E-state index in [9.17, 15) is 9.59 Å². The molecule has 0 spiro atoms. The number of carbonyl (C=O) groups excluding carboxylic acids is 1. The molecule has 0 aliphatic rings. The van der Waals surface area contributed by atoms with E-state index in [1.165, 1.54) is 0 Å². The molecule has 7 nitrogen and oxygen atoms in total. The fourth-order valence-electron chi connectivity index (χ4n) is 1.45. The van der Waals surface area contributed by atoms with Gasteiger partial charge in [0.1, 0.15) is 5.69 Å². The van der Waals surface area contributed by atoms with Crippen LogP contribution in [0, 0.1) is 6.92 Å². The number of aromatic carboxylic acids is 1. The van der Waals surface area contributed by atoms with Crippen LogP contribution in [0.1, 0.15) is 23.1 Å². The molecule has 1 rings (SSSR count). The third kappa shape index (κ3) is 4.29. The third-order valence-electron chi connectivity index (χ3n) is 2.85. The van der Waals surface area contributed by atoms with Crippen LogP contribution in [0.4, 0.5) is 10.5 Å². The van der Waals surface area contributed by atoms with Crippen LogP contribution in [0.5, 0.6) is 0 Å². The molecule has 0 aliphatic carbocycles. The fraction of sp³-hybridized carbons (Fsp3) is 0.500. The molecular formula is C12H20N4O3. The van der Waals surface area contributed by atoms with Gasteiger partial charge in [-0.3, -0.25) is 0 Å². The summed E-state index contributed by atoms with van der Waals surface area (Å²) < 4.78 is 0. The molecule has 7 heteroatoms. The monoisotopic (exact) mass is 268 g/mol. The van der Waals surface area contributed by atoms with Crippen LogP contribution in [-0.2, 0) is 0 Å². The normalized spacial score (nSPS) is 12.3. The highest BCUT2D eigenvalue weighted by Crippen LogP contribution is 2.16. The second-order valence-corrected chi connectivity index (χ2v) is 4.69. The third-order valence-corrected chi connectivity index (χ3v) is 2.85. The van der Waals surface area contributed by atoms with Crippen LogP contribution in [0.2, 0.25) is 0 Å². The Morgan fingerprint density at radius 3 is 2.63 bits per heavy atom. The van der Waals surface area contributed by atoms with Crippen LogP contribution < -0.4 is 10.6 Å². The Bertz CT molecular complexity index is 468. The van der Waals surface area contributed by atoms with Gasteiger partial charge in [0, 0.05) is 18.3 Å². The summed E-state index contributed by atoms with van der Waals surface area (Å²) >= 11 is 0. The molecule has 1 aromatic heterocycles. The number of rotatable bonds is 5. The molecule has 106 valence electrons. The van der Waals surface area contributed by atoms with Crippen molar-refractivity contribution in [3.63, 3.8) is 0 Å². The number of anilines is 1. The molecule has 0 saturated heterocycles. The summed E-state index contributed by atoms with van der Waals surface area (Å²) in [6.45, 7) is 4.18. The number of carboxylic acids is 1. The van der Waals surface area contributed by atoms with Gasteiger partial charge in [-0.15, -0.1) is 0 Å². The average molecular weight is 268 g/mol. The Kier molecular flexibility index (Phi) is 4.94. The Labute approximate surface area is 112 Å².